The van der Waals surface area contributed by atoms with Gasteiger partial charge in [-0.05, 0) is 35.1 Å². The van der Waals surface area contributed by atoms with Gasteiger partial charge in [-0.15, -0.1) is 6.58 Å². The fraction of sp³-hybridized carbons (Fsp3) is 0.200. The molecule has 2 N–H and O–H groups in total. The van der Waals surface area contributed by atoms with Gasteiger partial charge in [-0.2, -0.15) is 0 Å². The molecule has 2 nitrogen and oxygen atoms in total. The largest absolute Gasteiger partial charge is 0.384 e. The number of nitrogens with one attached hydrogen (secondary N) is 2. The van der Waals surface area contributed by atoms with Gasteiger partial charge >= 0.3 is 0 Å². The van der Waals surface area contributed by atoms with Crippen molar-refractivity contribution in [1.82, 2.24) is 0 Å². The zero-order valence-electron chi connectivity index (χ0n) is 9.59. The van der Waals surface area contributed by atoms with E-state index in [1.807, 2.05) is 6.08 Å². The molecule has 0 radical (unpaired) electrons. The van der Waals surface area contributed by atoms with Crippen molar-refractivity contribution in [3.63, 3.8) is 0 Å². The molecule has 2 aliphatic rings. The van der Waals surface area contributed by atoms with Crippen molar-refractivity contribution in [1.29, 1.82) is 0 Å². The molecule has 2 aromatic rings. The lowest BCUT2D eigenvalue weighted by molar-refractivity contribution is 1.03. The van der Waals surface area contributed by atoms with E-state index < -0.39 is 0 Å². The van der Waals surface area contributed by atoms with Gasteiger partial charge in [0, 0.05) is 23.3 Å². The molecular weight excluding hydrogens is 208 g/mol. The Kier molecular flexibility index (Phi) is 1.63. The maximum Gasteiger partial charge on any atom is 0.0703 e. The van der Waals surface area contributed by atoms with Gasteiger partial charge in [0.1, 0.15) is 0 Å². The standard InChI is InChI=1S/C15H14N2/c1-2-12-11-8-14-9(6-7-16-14)10-4-3-5-13(17-12)15(10)11/h2-5,8,12,16-17H,1,6-7H2. The summed E-state index contributed by atoms with van der Waals surface area (Å²) in [6.45, 7) is 4.98. The minimum Gasteiger partial charge on any atom is -0.384 e. The first-order chi connectivity index (χ1) is 8.38. The fourth-order valence-electron chi connectivity index (χ4n) is 3.12. The van der Waals surface area contributed by atoms with E-state index in [9.17, 15) is 0 Å². The van der Waals surface area contributed by atoms with Crippen LogP contribution in [0.3, 0.4) is 0 Å². The Morgan fingerprint density at radius 2 is 2.24 bits per heavy atom. The highest BCUT2D eigenvalue weighted by Gasteiger charge is 2.25. The number of hydrogen-bond donors (Lipinski definition) is 2. The van der Waals surface area contributed by atoms with Gasteiger partial charge in [0.25, 0.3) is 0 Å². The Hall–Kier alpha value is -1.96. The summed E-state index contributed by atoms with van der Waals surface area (Å²) in [6, 6.07) is 9.08. The first kappa shape index (κ1) is 9.11. The van der Waals surface area contributed by atoms with E-state index in [1.165, 1.54) is 33.3 Å². The van der Waals surface area contributed by atoms with Crippen molar-refractivity contribution >= 4 is 22.1 Å². The number of benzene rings is 2. The molecule has 0 fully saturated rings. The van der Waals surface area contributed by atoms with Gasteiger partial charge < -0.3 is 10.6 Å². The summed E-state index contributed by atoms with van der Waals surface area (Å²) in [5.41, 5.74) is 5.38. The monoisotopic (exact) mass is 222 g/mol. The average Bonchev–Trinajstić information content (AvgIpc) is 2.95. The Bertz CT molecular complexity index is 643. The average molecular weight is 222 g/mol. The van der Waals surface area contributed by atoms with Crippen LogP contribution in [0.4, 0.5) is 11.4 Å². The quantitative estimate of drug-likeness (QED) is 0.722. The Labute approximate surface area is 100 Å². The highest BCUT2D eigenvalue weighted by molar-refractivity contribution is 6.04. The van der Waals surface area contributed by atoms with Crippen LogP contribution >= 0.6 is 0 Å². The van der Waals surface area contributed by atoms with E-state index >= 15 is 0 Å². The van der Waals surface area contributed by atoms with Crippen LogP contribution in [0, 0.1) is 0 Å². The molecule has 2 aliphatic heterocycles. The fourth-order valence-corrected chi connectivity index (χ4v) is 3.12. The molecule has 2 aromatic carbocycles. The first-order valence-corrected chi connectivity index (χ1v) is 6.10. The maximum absolute atomic E-state index is 3.92. The molecule has 0 aliphatic carbocycles. The van der Waals surface area contributed by atoms with Crippen LogP contribution in [0.25, 0.3) is 10.8 Å². The third-order valence-corrected chi connectivity index (χ3v) is 3.88. The predicted octanol–water partition coefficient (Wildman–Crippen LogP) is 3.46. The van der Waals surface area contributed by atoms with E-state index in [1.54, 1.807) is 0 Å². The van der Waals surface area contributed by atoms with Crippen LogP contribution in [-0.2, 0) is 6.42 Å². The summed E-state index contributed by atoms with van der Waals surface area (Å²) >= 11 is 0. The Morgan fingerprint density at radius 1 is 1.29 bits per heavy atom. The molecule has 0 bridgehead atoms. The number of fused-ring (bicyclic) bond motifs is 2. The van der Waals surface area contributed by atoms with E-state index in [0.717, 1.165) is 13.0 Å². The lowest BCUT2D eigenvalue weighted by Crippen LogP contribution is -2.00. The molecule has 0 saturated heterocycles. The summed E-state index contributed by atoms with van der Waals surface area (Å²) in [5, 5.41) is 9.78. The second-order valence-electron chi connectivity index (χ2n) is 4.75. The van der Waals surface area contributed by atoms with Crippen molar-refractivity contribution in [2.24, 2.45) is 0 Å². The van der Waals surface area contributed by atoms with E-state index in [4.69, 9.17) is 0 Å². The predicted molar refractivity (Wildman–Crippen MR) is 72.7 cm³/mol. The number of rotatable bonds is 1. The number of hydrogen-bond acceptors (Lipinski definition) is 2. The van der Waals surface area contributed by atoms with Gasteiger partial charge in [0.2, 0.25) is 0 Å². The van der Waals surface area contributed by atoms with Crippen molar-refractivity contribution in [3.8, 4) is 0 Å². The van der Waals surface area contributed by atoms with E-state index in [0.29, 0.717) is 0 Å². The summed E-state index contributed by atoms with van der Waals surface area (Å²) in [5.74, 6) is 0. The lowest BCUT2D eigenvalue weighted by Gasteiger charge is -2.09. The van der Waals surface area contributed by atoms with Gasteiger partial charge in [0.05, 0.1) is 6.04 Å². The molecule has 2 heterocycles. The van der Waals surface area contributed by atoms with Crippen LogP contribution in [0.5, 0.6) is 0 Å². The van der Waals surface area contributed by atoms with Crippen molar-refractivity contribution in [2.45, 2.75) is 12.5 Å². The molecule has 4 rings (SSSR count). The Balaban J connectivity index is 2.16. The van der Waals surface area contributed by atoms with Crippen LogP contribution < -0.4 is 10.6 Å². The van der Waals surface area contributed by atoms with Crippen LogP contribution in [-0.4, -0.2) is 6.54 Å². The second kappa shape index (κ2) is 3.04. The van der Waals surface area contributed by atoms with E-state index in [2.05, 4.69) is 41.5 Å². The van der Waals surface area contributed by atoms with Gasteiger partial charge in [-0.1, -0.05) is 18.2 Å². The third-order valence-electron chi connectivity index (χ3n) is 3.88. The molecular formula is C15H14N2. The van der Waals surface area contributed by atoms with Crippen molar-refractivity contribution < 1.29 is 0 Å². The van der Waals surface area contributed by atoms with Gasteiger partial charge in [-0.25, -0.2) is 0 Å². The number of anilines is 2. The molecule has 84 valence electrons. The molecule has 0 aromatic heterocycles. The van der Waals surface area contributed by atoms with Crippen molar-refractivity contribution in [2.75, 3.05) is 17.2 Å². The van der Waals surface area contributed by atoms with Gasteiger partial charge in [-0.3, -0.25) is 0 Å². The summed E-state index contributed by atoms with van der Waals surface area (Å²) < 4.78 is 0. The Morgan fingerprint density at radius 3 is 3.12 bits per heavy atom. The normalized spacial score (nSPS) is 19.9. The molecule has 2 heteroatoms. The zero-order chi connectivity index (χ0) is 11.4. The molecule has 0 saturated carbocycles. The second-order valence-corrected chi connectivity index (χ2v) is 4.75. The highest BCUT2D eigenvalue weighted by atomic mass is 15.0. The maximum atomic E-state index is 3.92. The van der Waals surface area contributed by atoms with Gasteiger partial charge in [0.15, 0.2) is 0 Å². The topological polar surface area (TPSA) is 24.1 Å². The van der Waals surface area contributed by atoms with Crippen LogP contribution in [0.1, 0.15) is 17.2 Å². The molecule has 1 atom stereocenters. The highest BCUT2D eigenvalue weighted by Crippen LogP contribution is 2.44. The SMILES string of the molecule is C=CC1Nc2cccc3c4c(cc1c23)NCC4. The van der Waals surface area contributed by atoms with Crippen LogP contribution in [0.2, 0.25) is 0 Å². The van der Waals surface area contributed by atoms with Crippen LogP contribution in [0.15, 0.2) is 36.9 Å². The minimum absolute atomic E-state index is 0.252. The minimum atomic E-state index is 0.252. The summed E-state index contributed by atoms with van der Waals surface area (Å²) in [7, 11) is 0. The van der Waals surface area contributed by atoms with Crippen molar-refractivity contribution in [3.05, 3.63) is 48.0 Å². The summed E-state index contributed by atoms with van der Waals surface area (Å²) in [6.07, 6.45) is 3.12. The molecule has 0 amide bonds. The molecule has 17 heavy (non-hydrogen) atoms. The first-order valence-electron chi connectivity index (χ1n) is 6.10. The molecule has 0 spiro atoms. The summed E-state index contributed by atoms with van der Waals surface area (Å²) in [4.78, 5) is 0. The lowest BCUT2D eigenvalue weighted by atomic mass is 9.96. The smallest absolute Gasteiger partial charge is 0.0703 e. The third kappa shape index (κ3) is 1.05. The van der Waals surface area contributed by atoms with E-state index in [-0.39, 0.29) is 6.04 Å². The molecule has 1 unspecified atom stereocenters. The zero-order valence-corrected chi connectivity index (χ0v) is 9.59.